The van der Waals surface area contributed by atoms with Crippen LogP contribution in [0.15, 0.2) is 48.5 Å². The lowest BCUT2D eigenvalue weighted by Gasteiger charge is -2.15. The summed E-state index contributed by atoms with van der Waals surface area (Å²) in [4.78, 5) is 24.4. The molecule has 26 heavy (non-hydrogen) atoms. The van der Waals surface area contributed by atoms with Crippen LogP contribution in [0, 0.1) is 6.92 Å². The molecule has 1 atom stereocenters. The number of urea groups is 1. The van der Waals surface area contributed by atoms with E-state index in [0.717, 1.165) is 18.4 Å². The van der Waals surface area contributed by atoms with Crippen molar-refractivity contribution >= 4 is 17.6 Å². The third-order valence-electron chi connectivity index (χ3n) is 4.60. The van der Waals surface area contributed by atoms with E-state index in [1.54, 1.807) is 12.1 Å². The summed E-state index contributed by atoms with van der Waals surface area (Å²) >= 11 is 0. The molecule has 2 aromatic rings. The number of carbonyl (C=O) groups is 2. The van der Waals surface area contributed by atoms with Crippen LogP contribution in [-0.4, -0.2) is 24.5 Å². The summed E-state index contributed by atoms with van der Waals surface area (Å²) < 4.78 is 0. The average molecular weight is 351 g/mol. The monoisotopic (exact) mass is 351 g/mol. The van der Waals surface area contributed by atoms with Gasteiger partial charge in [0.15, 0.2) is 0 Å². The first-order valence-corrected chi connectivity index (χ1v) is 9.04. The summed E-state index contributed by atoms with van der Waals surface area (Å²) in [5.41, 5.74) is 3.32. The molecule has 0 heterocycles. The van der Waals surface area contributed by atoms with Gasteiger partial charge in [-0.3, -0.25) is 4.79 Å². The Balaban J connectivity index is 1.57. The molecule has 3 rings (SSSR count). The molecule has 1 saturated carbocycles. The van der Waals surface area contributed by atoms with Crippen LogP contribution >= 0.6 is 0 Å². The predicted molar refractivity (Wildman–Crippen MR) is 104 cm³/mol. The SMILES string of the molecule is Cc1ccc(C(=O)NC2CC2)cc1NC(=O)NCC(C)c1ccccc1. The lowest BCUT2D eigenvalue weighted by molar-refractivity contribution is 0.0951. The van der Waals surface area contributed by atoms with Crippen molar-refractivity contribution < 1.29 is 9.59 Å². The molecule has 5 nitrogen and oxygen atoms in total. The number of hydrogen-bond acceptors (Lipinski definition) is 2. The molecule has 2 aromatic carbocycles. The zero-order valence-corrected chi connectivity index (χ0v) is 15.2. The predicted octanol–water partition coefficient (Wildman–Crippen LogP) is 3.81. The molecule has 0 radical (unpaired) electrons. The molecule has 0 aliphatic heterocycles. The Bertz CT molecular complexity index is 785. The summed E-state index contributed by atoms with van der Waals surface area (Å²) in [6.45, 7) is 4.52. The second-order valence-corrected chi connectivity index (χ2v) is 6.92. The van der Waals surface area contributed by atoms with Crippen molar-refractivity contribution in [2.24, 2.45) is 0 Å². The van der Waals surface area contributed by atoms with Gasteiger partial charge in [0.05, 0.1) is 0 Å². The summed E-state index contributed by atoms with van der Waals surface area (Å²) in [6, 6.07) is 15.5. The maximum atomic E-state index is 12.2. The molecule has 3 amide bonds. The van der Waals surface area contributed by atoms with Crippen molar-refractivity contribution in [2.75, 3.05) is 11.9 Å². The van der Waals surface area contributed by atoms with Gasteiger partial charge >= 0.3 is 6.03 Å². The minimum Gasteiger partial charge on any atom is -0.349 e. The van der Waals surface area contributed by atoms with Gasteiger partial charge in [0.2, 0.25) is 0 Å². The number of amides is 3. The number of aryl methyl sites for hydroxylation is 1. The maximum Gasteiger partial charge on any atom is 0.319 e. The average Bonchev–Trinajstić information content (AvgIpc) is 3.46. The van der Waals surface area contributed by atoms with Gasteiger partial charge in [-0.15, -0.1) is 0 Å². The van der Waals surface area contributed by atoms with Crippen LogP contribution in [0.1, 0.15) is 47.2 Å². The first-order chi connectivity index (χ1) is 12.5. The van der Waals surface area contributed by atoms with Gasteiger partial charge in [-0.25, -0.2) is 4.79 Å². The summed E-state index contributed by atoms with van der Waals surface area (Å²) in [5, 5.41) is 8.71. The quantitative estimate of drug-likeness (QED) is 0.740. The molecular weight excluding hydrogens is 326 g/mol. The van der Waals surface area contributed by atoms with Crippen LogP contribution in [-0.2, 0) is 0 Å². The van der Waals surface area contributed by atoms with Crippen LogP contribution < -0.4 is 16.0 Å². The van der Waals surface area contributed by atoms with Crippen molar-refractivity contribution in [3.05, 3.63) is 65.2 Å². The van der Waals surface area contributed by atoms with E-state index in [-0.39, 0.29) is 17.9 Å². The van der Waals surface area contributed by atoms with Crippen LogP contribution in [0.2, 0.25) is 0 Å². The molecular formula is C21H25N3O2. The smallest absolute Gasteiger partial charge is 0.319 e. The molecule has 1 aliphatic carbocycles. The largest absolute Gasteiger partial charge is 0.349 e. The van der Waals surface area contributed by atoms with Crippen LogP contribution in [0.4, 0.5) is 10.5 Å². The van der Waals surface area contributed by atoms with E-state index in [4.69, 9.17) is 0 Å². The molecule has 3 N–H and O–H groups in total. The van der Waals surface area contributed by atoms with Crippen molar-refractivity contribution in [3.63, 3.8) is 0 Å². The molecule has 5 heteroatoms. The zero-order valence-electron chi connectivity index (χ0n) is 15.2. The van der Waals surface area contributed by atoms with Gasteiger partial charge in [-0.05, 0) is 48.9 Å². The minimum atomic E-state index is -0.268. The standard InChI is InChI=1S/C21H25N3O2/c1-14-8-9-17(20(25)23-18-10-11-18)12-19(14)24-21(26)22-13-15(2)16-6-4-3-5-7-16/h3-9,12,15,18H,10-11,13H2,1-2H3,(H,23,25)(H2,22,24,26). The molecule has 0 aromatic heterocycles. The fourth-order valence-electron chi connectivity index (χ4n) is 2.71. The third kappa shape index (κ3) is 4.85. The Morgan fingerprint density at radius 2 is 1.85 bits per heavy atom. The second-order valence-electron chi connectivity index (χ2n) is 6.92. The molecule has 136 valence electrons. The molecule has 0 saturated heterocycles. The Hall–Kier alpha value is -2.82. The van der Waals surface area contributed by atoms with E-state index in [2.05, 4.69) is 35.0 Å². The number of rotatable bonds is 6. The van der Waals surface area contributed by atoms with E-state index in [0.29, 0.717) is 23.8 Å². The topological polar surface area (TPSA) is 70.2 Å². The van der Waals surface area contributed by atoms with Gasteiger partial charge in [0.1, 0.15) is 0 Å². The number of hydrogen-bond donors (Lipinski definition) is 3. The fraction of sp³-hybridized carbons (Fsp3) is 0.333. The van der Waals surface area contributed by atoms with E-state index in [1.807, 2.05) is 31.2 Å². The Kier molecular flexibility index (Phi) is 5.56. The number of benzene rings is 2. The Morgan fingerprint density at radius 1 is 1.12 bits per heavy atom. The number of carbonyl (C=O) groups excluding carboxylic acids is 2. The van der Waals surface area contributed by atoms with Crippen molar-refractivity contribution in [1.82, 2.24) is 10.6 Å². The summed E-state index contributed by atoms with van der Waals surface area (Å²) in [5.74, 6) is 0.132. The Morgan fingerprint density at radius 3 is 2.54 bits per heavy atom. The highest BCUT2D eigenvalue weighted by Crippen LogP contribution is 2.21. The van der Waals surface area contributed by atoms with Crippen molar-refractivity contribution in [2.45, 2.75) is 38.6 Å². The fourth-order valence-corrected chi connectivity index (χ4v) is 2.71. The lowest BCUT2D eigenvalue weighted by atomic mass is 10.0. The number of nitrogens with one attached hydrogen (secondary N) is 3. The van der Waals surface area contributed by atoms with E-state index < -0.39 is 0 Å². The second kappa shape index (κ2) is 8.04. The Labute approximate surface area is 154 Å². The van der Waals surface area contributed by atoms with Crippen molar-refractivity contribution in [1.29, 1.82) is 0 Å². The van der Waals surface area contributed by atoms with Gasteiger partial charge in [-0.2, -0.15) is 0 Å². The van der Waals surface area contributed by atoms with Crippen molar-refractivity contribution in [3.8, 4) is 0 Å². The summed E-state index contributed by atoms with van der Waals surface area (Å²) in [7, 11) is 0. The first kappa shape index (κ1) is 18.0. The van der Waals surface area contributed by atoms with Gasteiger partial charge < -0.3 is 16.0 Å². The van der Waals surface area contributed by atoms with E-state index in [1.165, 1.54) is 5.56 Å². The first-order valence-electron chi connectivity index (χ1n) is 9.04. The number of anilines is 1. The molecule has 0 spiro atoms. The molecule has 0 bridgehead atoms. The maximum absolute atomic E-state index is 12.2. The third-order valence-corrected chi connectivity index (χ3v) is 4.60. The van der Waals surface area contributed by atoms with Crippen LogP contribution in [0.5, 0.6) is 0 Å². The molecule has 1 unspecified atom stereocenters. The molecule has 1 aliphatic rings. The molecule has 1 fully saturated rings. The van der Waals surface area contributed by atoms with E-state index >= 15 is 0 Å². The minimum absolute atomic E-state index is 0.0892. The van der Waals surface area contributed by atoms with Gasteiger partial charge in [-0.1, -0.05) is 43.3 Å². The van der Waals surface area contributed by atoms with Crippen LogP contribution in [0.3, 0.4) is 0 Å². The highest BCUT2D eigenvalue weighted by atomic mass is 16.2. The normalized spacial score (nSPS) is 14.4. The summed E-state index contributed by atoms with van der Waals surface area (Å²) in [6.07, 6.45) is 2.09. The van der Waals surface area contributed by atoms with Gasteiger partial charge in [0, 0.05) is 23.8 Å². The van der Waals surface area contributed by atoms with Gasteiger partial charge in [0.25, 0.3) is 5.91 Å². The van der Waals surface area contributed by atoms with Crippen LogP contribution in [0.25, 0.3) is 0 Å². The highest BCUT2D eigenvalue weighted by Gasteiger charge is 2.24. The highest BCUT2D eigenvalue weighted by molar-refractivity contribution is 5.97. The lowest BCUT2D eigenvalue weighted by Crippen LogP contribution is -2.32. The van der Waals surface area contributed by atoms with E-state index in [9.17, 15) is 9.59 Å². The zero-order chi connectivity index (χ0) is 18.5.